The summed E-state index contributed by atoms with van der Waals surface area (Å²) < 4.78 is 29.1. The fourth-order valence-electron chi connectivity index (χ4n) is 3.33. The highest BCUT2D eigenvalue weighted by atomic mass is 32.1. The largest absolute Gasteiger partial charge is 0.396 e. The third kappa shape index (κ3) is 5.26. The highest BCUT2D eigenvalue weighted by molar-refractivity contribution is 7.19. The molecule has 0 atom stereocenters. The van der Waals surface area contributed by atoms with Gasteiger partial charge in [-0.15, -0.1) is 11.3 Å². The van der Waals surface area contributed by atoms with Crippen LogP contribution in [0.15, 0.2) is 22.1 Å². The fourth-order valence-corrected chi connectivity index (χ4v) is 4.40. The Labute approximate surface area is 184 Å². The molecule has 1 aromatic heterocycles. The Morgan fingerprint density at radius 2 is 2.00 bits per heavy atom. The van der Waals surface area contributed by atoms with E-state index in [0.29, 0.717) is 23.8 Å². The molecule has 1 aliphatic rings. The molecule has 0 unspecified atom stereocenters. The molecule has 7 nitrogen and oxygen atoms in total. The molecule has 1 aliphatic heterocycles. The average Bonchev–Trinajstić information content (AvgIpc) is 3.05. The summed E-state index contributed by atoms with van der Waals surface area (Å²) in [5.41, 5.74) is 7.87. The Bertz CT molecular complexity index is 1010. The number of nitrogens with two attached hydrogens (primary N) is 1. The molecule has 1 fully saturated rings. The normalized spacial score (nSPS) is 13.7. The Morgan fingerprint density at radius 1 is 1.29 bits per heavy atom. The first-order chi connectivity index (χ1) is 14.8. The Morgan fingerprint density at radius 3 is 2.65 bits per heavy atom. The second-order valence-corrected chi connectivity index (χ2v) is 8.35. The number of anilines is 2. The summed E-state index contributed by atoms with van der Waals surface area (Å²) in [4.78, 5) is 22.9. The van der Waals surface area contributed by atoms with E-state index < -0.39 is 17.5 Å². The minimum absolute atomic E-state index is 0.127. The van der Waals surface area contributed by atoms with Crippen LogP contribution in [0.2, 0.25) is 0 Å². The van der Waals surface area contributed by atoms with Crippen molar-refractivity contribution < 1.29 is 13.6 Å². The first kappa shape index (κ1) is 22.8. The van der Waals surface area contributed by atoms with Crippen molar-refractivity contribution in [3.63, 3.8) is 0 Å². The third-order valence-electron chi connectivity index (χ3n) is 4.84. The van der Waals surface area contributed by atoms with Crippen molar-refractivity contribution in [1.82, 2.24) is 10.6 Å². The van der Waals surface area contributed by atoms with E-state index in [2.05, 4.69) is 27.3 Å². The van der Waals surface area contributed by atoms with Crippen molar-refractivity contribution in [1.29, 1.82) is 0 Å². The molecule has 0 radical (unpaired) electrons. The quantitative estimate of drug-likeness (QED) is 0.566. The van der Waals surface area contributed by atoms with E-state index in [1.807, 2.05) is 18.7 Å². The zero-order valence-corrected chi connectivity index (χ0v) is 18.4. The van der Waals surface area contributed by atoms with E-state index in [1.165, 1.54) is 12.1 Å². The number of piperazine rings is 1. The van der Waals surface area contributed by atoms with Gasteiger partial charge < -0.3 is 21.3 Å². The SMILES string of the molecule is C=Nc1c(N=C(C)C)sc(C(=O)NCCc2cc(F)c(N3CCNCC3)cc2F)c1N. The summed E-state index contributed by atoms with van der Waals surface area (Å²) in [6.07, 6.45) is 0.146. The number of nitrogen functional groups attached to an aromatic ring is 1. The number of hydrogen-bond acceptors (Lipinski definition) is 7. The summed E-state index contributed by atoms with van der Waals surface area (Å²) in [5, 5.41) is 6.39. The summed E-state index contributed by atoms with van der Waals surface area (Å²) in [7, 11) is 0. The van der Waals surface area contributed by atoms with Crippen LogP contribution in [0.4, 0.5) is 30.8 Å². The number of aliphatic imine (C=N–C) groups is 2. The second kappa shape index (κ2) is 9.97. The van der Waals surface area contributed by atoms with Crippen LogP contribution in [-0.2, 0) is 6.42 Å². The zero-order valence-electron chi connectivity index (χ0n) is 17.6. The summed E-state index contributed by atoms with van der Waals surface area (Å²) in [5.74, 6) is -1.37. The van der Waals surface area contributed by atoms with E-state index >= 15 is 0 Å². The molecular weight excluding hydrogens is 422 g/mol. The van der Waals surface area contributed by atoms with Crippen LogP contribution >= 0.6 is 11.3 Å². The highest BCUT2D eigenvalue weighted by Gasteiger charge is 2.21. The summed E-state index contributed by atoms with van der Waals surface area (Å²) in [6.45, 7) is 9.97. The van der Waals surface area contributed by atoms with Gasteiger partial charge in [0.25, 0.3) is 5.91 Å². The van der Waals surface area contributed by atoms with Crippen LogP contribution in [0.3, 0.4) is 0 Å². The maximum absolute atomic E-state index is 14.5. The molecule has 0 saturated carbocycles. The number of nitrogens with zero attached hydrogens (tertiary/aromatic N) is 3. The molecule has 1 amide bonds. The zero-order chi connectivity index (χ0) is 22.5. The van der Waals surface area contributed by atoms with Crippen molar-refractivity contribution >= 4 is 51.7 Å². The van der Waals surface area contributed by atoms with Crippen LogP contribution in [-0.4, -0.2) is 51.1 Å². The predicted octanol–water partition coefficient (Wildman–Crippen LogP) is 3.44. The molecule has 1 saturated heterocycles. The average molecular weight is 449 g/mol. The molecule has 4 N–H and O–H groups in total. The van der Waals surface area contributed by atoms with Gasteiger partial charge in [-0.05, 0) is 38.6 Å². The molecule has 3 rings (SSSR count). The number of carbonyl (C=O) groups is 1. The fraction of sp³-hybridized carbons (Fsp3) is 0.381. The number of hydrogen-bond donors (Lipinski definition) is 3. The monoisotopic (exact) mass is 448 g/mol. The molecule has 0 aliphatic carbocycles. The van der Waals surface area contributed by atoms with Crippen LogP contribution < -0.4 is 21.3 Å². The van der Waals surface area contributed by atoms with E-state index in [1.54, 1.807) is 0 Å². The van der Waals surface area contributed by atoms with Crippen LogP contribution in [0.5, 0.6) is 0 Å². The van der Waals surface area contributed by atoms with Crippen molar-refractivity contribution in [3.8, 4) is 0 Å². The topological polar surface area (TPSA) is 95.1 Å². The number of halogens is 2. The molecule has 2 aromatic rings. The molecule has 0 bridgehead atoms. The molecule has 0 spiro atoms. The first-order valence-corrected chi connectivity index (χ1v) is 10.8. The van der Waals surface area contributed by atoms with Crippen LogP contribution in [0.1, 0.15) is 29.1 Å². The number of benzene rings is 1. The smallest absolute Gasteiger partial charge is 0.263 e. The van der Waals surface area contributed by atoms with Gasteiger partial charge in [0.05, 0.1) is 11.4 Å². The number of carbonyl (C=O) groups excluding carboxylic acids is 1. The second-order valence-electron chi connectivity index (χ2n) is 7.35. The number of amides is 1. The molecule has 1 aromatic carbocycles. The predicted molar refractivity (Wildman–Crippen MR) is 124 cm³/mol. The van der Waals surface area contributed by atoms with Gasteiger partial charge in [0, 0.05) is 44.5 Å². The van der Waals surface area contributed by atoms with Gasteiger partial charge in [-0.3, -0.25) is 9.79 Å². The summed E-state index contributed by atoms with van der Waals surface area (Å²) in [6, 6.07) is 2.43. The van der Waals surface area contributed by atoms with Crippen molar-refractivity contribution in [3.05, 3.63) is 34.2 Å². The van der Waals surface area contributed by atoms with Crippen LogP contribution in [0, 0.1) is 11.6 Å². The Balaban J connectivity index is 1.67. The molecule has 166 valence electrons. The number of nitrogens with one attached hydrogen (secondary N) is 2. The molecular formula is C21H26F2N6OS. The lowest BCUT2D eigenvalue weighted by Crippen LogP contribution is -2.44. The van der Waals surface area contributed by atoms with E-state index in [-0.39, 0.29) is 34.8 Å². The van der Waals surface area contributed by atoms with Crippen molar-refractivity contribution in [2.75, 3.05) is 43.4 Å². The lowest BCUT2D eigenvalue weighted by atomic mass is 10.1. The molecule has 31 heavy (non-hydrogen) atoms. The van der Waals surface area contributed by atoms with Gasteiger partial charge in [0.1, 0.15) is 27.2 Å². The first-order valence-electron chi connectivity index (χ1n) is 9.94. The standard InChI is InChI=1S/C21H26F2N6OS/c1-12(2)28-21-18(25-3)17(24)19(31-21)20(30)27-5-4-13-10-15(23)16(11-14(13)22)29-8-6-26-7-9-29/h10-11,26H,3-9,24H2,1-2H3,(H,27,30). The molecule has 2 heterocycles. The Kier molecular flexibility index (Phi) is 7.34. The van der Waals surface area contributed by atoms with E-state index in [4.69, 9.17) is 5.73 Å². The van der Waals surface area contributed by atoms with Gasteiger partial charge in [0.15, 0.2) is 0 Å². The highest BCUT2D eigenvalue weighted by Crippen LogP contribution is 2.44. The molecule has 10 heteroatoms. The maximum atomic E-state index is 14.5. The maximum Gasteiger partial charge on any atom is 0.263 e. The van der Waals surface area contributed by atoms with E-state index in [0.717, 1.165) is 30.1 Å². The third-order valence-corrected chi connectivity index (χ3v) is 5.93. The van der Waals surface area contributed by atoms with E-state index in [9.17, 15) is 13.6 Å². The number of thiophene rings is 1. The number of rotatable bonds is 7. The lowest BCUT2D eigenvalue weighted by Gasteiger charge is -2.30. The van der Waals surface area contributed by atoms with Gasteiger partial charge in [-0.2, -0.15) is 0 Å². The minimum Gasteiger partial charge on any atom is -0.396 e. The summed E-state index contributed by atoms with van der Waals surface area (Å²) >= 11 is 1.11. The van der Waals surface area contributed by atoms with Crippen molar-refractivity contribution in [2.45, 2.75) is 20.3 Å². The van der Waals surface area contributed by atoms with Crippen molar-refractivity contribution in [2.24, 2.45) is 9.98 Å². The van der Waals surface area contributed by atoms with Gasteiger partial charge in [0.2, 0.25) is 0 Å². The lowest BCUT2D eigenvalue weighted by molar-refractivity contribution is 0.0959. The van der Waals surface area contributed by atoms with Gasteiger partial charge >= 0.3 is 0 Å². The Hall–Kier alpha value is -2.85. The van der Waals surface area contributed by atoms with Gasteiger partial charge in [-0.1, -0.05) is 0 Å². The van der Waals surface area contributed by atoms with Gasteiger partial charge in [-0.25, -0.2) is 13.8 Å². The van der Waals surface area contributed by atoms with Crippen LogP contribution in [0.25, 0.3) is 0 Å². The minimum atomic E-state index is -0.493.